The predicted molar refractivity (Wildman–Crippen MR) is 54.3 cm³/mol. The van der Waals surface area contributed by atoms with E-state index in [0.29, 0.717) is 12.8 Å². The number of benzene rings is 1. The molecule has 2 N–H and O–H groups in total. The quantitative estimate of drug-likeness (QED) is 0.808. The topological polar surface area (TPSA) is 57.5 Å². The van der Waals surface area contributed by atoms with Gasteiger partial charge in [0.1, 0.15) is 5.75 Å². The number of halogens is 1. The van der Waals surface area contributed by atoms with E-state index in [-0.39, 0.29) is 5.75 Å². The van der Waals surface area contributed by atoms with Crippen LogP contribution in [0, 0.1) is 5.92 Å². The molecule has 74 valence electrons. The first kappa shape index (κ1) is 9.52. The van der Waals surface area contributed by atoms with Crippen molar-refractivity contribution in [3.05, 3.63) is 27.7 Å². The molecule has 2 rings (SSSR count). The first-order valence-corrected chi connectivity index (χ1v) is 5.11. The molecule has 1 aromatic carbocycles. The molecule has 0 fully saturated rings. The lowest BCUT2D eigenvalue weighted by Crippen LogP contribution is -2.12. The third-order valence-electron chi connectivity index (χ3n) is 2.60. The lowest BCUT2D eigenvalue weighted by atomic mass is 10.1. The van der Waals surface area contributed by atoms with E-state index >= 15 is 0 Å². The lowest BCUT2D eigenvalue weighted by Gasteiger charge is -2.03. The Balaban J connectivity index is 2.43. The molecule has 4 heteroatoms. The zero-order valence-corrected chi connectivity index (χ0v) is 8.91. The van der Waals surface area contributed by atoms with E-state index in [2.05, 4.69) is 15.9 Å². The molecule has 1 atom stereocenters. The van der Waals surface area contributed by atoms with Gasteiger partial charge in [-0.05, 0) is 36.1 Å². The highest BCUT2D eigenvalue weighted by Gasteiger charge is 2.30. The number of hydrogen-bond acceptors (Lipinski definition) is 2. The Morgan fingerprint density at radius 1 is 1.36 bits per heavy atom. The van der Waals surface area contributed by atoms with Crippen LogP contribution in [0.3, 0.4) is 0 Å². The van der Waals surface area contributed by atoms with Crippen molar-refractivity contribution in [2.75, 3.05) is 0 Å². The summed E-state index contributed by atoms with van der Waals surface area (Å²) in [7, 11) is 0. The van der Waals surface area contributed by atoms with Gasteiger partial charge in [0.2, 0.25) is 0 Å². The van der Waals surface area contributed by atoms with E-state index < -0.39 is 11.9 Å². The summed E-state index contributed by atoms with van der Waals surface area (Å²) in [4.78, 5) is 10.8. The molecule has 0 heterocycles. The Bertz CT molecular complexity index is 370. The highest BCUT2D eigenvalue weighted by molar-refractivity contribution is 9.10. The maximum Gasteiger partial charge on any atom is 0.307 e. The third kappa shape index (κ3) is 1.39. The molecule has 3 nitrogen and oxygen atoms in total. The van der Waals surface area contributed by atoms with Crippen LogP contribution in [-0.2, 0) is 17.6 Å². The van der Waals surface area contributed by atoms with Crippen molar-refractivity contribution in [3.63, 3.8) is 0 Å². The fourth-order valence-corrected chi connectivity index (χ4v) is 2.37. The number of aliphatic carboxylic acids is 1. The van der Waals surface area contributed by atoms with Crippen LogP contribution in [0.5, 0.6) is 5.75 Å². The molecule has 1 aliphatic carbocycles. The van der Waals surface area contributed by atoms with Crippen LogP contribution in [0.25, 0.3) is 0 Å². The smallest absolute Gasteiger partial charge is 0.307 e. The average Bonchev–Trinajstić information content (AvgIpc) is 2.57. The molecule has 0 radical (unpaired) electrons. The fourth-order valence-electron chi connectivity index (χ4n) is 1.84. The number of phenols is 1. The Labute approximate surface area is 89.5 Å². The third-order valence-corrected chi connectivity index (χ3v) is 3.34. The number of fused-ring (bicyclic) bond motifs is 1. The number of aromatic hydroxyl groups is 1. The number of phenolic OH excluding ortho intramolecular Hbond substituents is 1. The molecule has 0 amide bonds. The maximum atomic E-state index is 10.8. The van der Waals surface area contributed by atoms with Gasteiger partial charge in [-0.25, -0.2) is 0 Å². The molecular weight excluding hydrogens is 248 g/mol. The molecular formula is C10H9BrO3. The Kier molecular flexibility index (Phi) is 2.23. The second-order valence-electron chi connectivity index (χ2n) is 3.47. The van der Waals surface area contributed by atoms with Crippen LogP contribution >= 0.6 is 15.9 Å². The summed E-state index contributed by atoms with van der Waals surface area (Å²) in [6.45, 7) is 0. The molecule has 0 saturated carbocycles. The fraction of sp³-hybridized carbons (Fsp3) is 0.300. The van der Waals surface area contributed by atoms with Gasteiger partial charge in [-0.3, -0.25) is 4.79 Å². The van der Waals surface area contributed by atoms with Crippen molar-refractivity contribution in [1.82, 2.24) is 0 Å². The number of rotatable bonds is 1. The van der Waals surface area contributed by atoms with Gasteiger partial charge in [-0.15, -0.1) is 0 Å². The lowest BCUT2D eigenvalue weighted by molar-refractivity contribution is -0.141. The molecule has 0 spiro atoms. The highest BCUT2D eigenvalue weighted by Crippen LogP contribution is 2.37. The largest absolute Gasteiger partial charge is 0.508 e. The second-order valence-corrected chi connectivity index (χ2v) is 4.32. The minimum Gasteiger partial charge on any atom is -0.508 e. The predicted octanol–water partition coefficient (Wildman–Crippen LogP) is 1.95. The number of carboxylic acids is 1. The van der Waals surface area contributed by atoms with Gasteiger partial charge < -0.3 is 10.2 Å². The van der Waals surface area contributed by atoms with Crippen LogP contribution in [-0.4, -0.2) is 16.2 Å². The van der Waals surface area contributed by atoms with Gasteiger partial charge in [0.05, 0.1) is 5.92 Å². The van der Waals surface area contributed by atoms with E-state index in [9.17, 15) is 9.90 Å². The zero-order chi connectivity index (χ0) is 10.3. The van der Waals surface area contributed by atoms with Crippen molar-refractivity contribution >= 4 is 21.9 Å². The summed E-state index contributed by atoms with van der Waals surface area (Å²) in [5.74, 6) is -0.992. The molecule has 0 aliphatic heterocycles. The Morgan fingerprint density at radius 3 is 2.57 bits per heavy atom. The van der Waals surface area contributed by atoms with Crippen LogP contribution in [0.1, 0.15) is 11.1 Å². The summed E-state index contributed by atoms with van der Waals surface area (Å²) in [5, 5.41) is 18.4. The molecule has 1 aliphatic rings. The number of carboxylic acid groups (broad SMARTS) is 1. The van der Waals surface area contributed by atoms with Gasteiger partial charge in [-0.2, -0.15) is 0 Å². The van der Waals surface area contributed by atoms with Gasteiger partial charge in [0, 0.05) is 4.47 Å². The normalized spacial score (nSPS) is 19.4. The Morgan fingerprint density at radius 2 is 2.00 bits per heavy atom. The van der Waals surface area contributed by atoms with E-state index in [4.69, 9.17) is 5.11 Å². The first-order valence-electron chi connectivity index (χ1n) is 4.31. The Hall–Kier alpha value is -1.03. The monoisotopic (exact) mass is 256 g/mol. The van der Waals surface area contributed by atoms with Crippen molar-refractivity contribution < 1.29 is 15.0 Å². The number of hydrogen-bond donors (Lipinski definition) is 2. The van der Waals surface area contributed by atoms with E-state index in [0.717, 1.165) is 15.6 Å². The van der Waals surface area contributed by atoms with Crippen LogP contribution in [0.4, 0.5) is 0 Å². The molecule has 14 heavy (non-hydrogen) atoms. The number of carbonyl (C=O) groups is 1. The zero-order valence-electron chi connectivity index (χ0n) is 7.33. The van der Waals surface area contributed by atoms with Gasteiger partial charge in [0.25, 0.3) is 0 Å². The van der Waals surface area contributed by atoms with E-state index in [1.54, 1.807) is 12.1 Å². The molecule has 0 saturated heterocycles. The molecule has 0 bridgehead atoms. The van der Waals surface area contributed by atoms with Crippen LogP contribution in [0.2, 0.25) is 0 Å². The summed E-state index contributed by atoms with van der Waals surface area (Å²) in [6, 6.07) is 3.34. The van der Waals surface area contributed by atoms with Gasteiger partial charge >= 0.3 is 5.97 Å². The standard InChI is InChI=1S/C10H9BrO3/c11-8-1-2-9(12)7-4-5(10(13)14)3-6(7)8/h1-2,5,12H,3-4H2,(H,13,14). The highest BCUT2D eigenvalue weighted by atomic mass is 79.9. The summed E-state index contributed by atoms with van der Waals surface area (Å²) >= 11 is 3.35. The minimum absolute atomic E-state index is 0.201. The molecule has 0 aromatic heterocycles. The average molecular weight is 257 g/mol. The summed E-state index contributed by atoms with van der Waals surface area (Å²) in [5.41, 5.74) is 1.70. The molecule has 1 unspecified atom stereocenters. The summed E-state index contributed by atoms with van der Waals surface area (Å²) < 4.78 is 0.883. The van der Waals surface area contributed by atoms with Gasteiger partial charge in [-0.1, -0.05) is 15.9 Å². The van der Waals surface area contributed by atoms with Crippen LogP contribution in [0.15, 0.2) is 16.6 Å². The molecule has 1 aromatic rings. The van der Waals surface area contributed by atoms with Crippen molar-refractivity contribution in [3.8, 4) is 5.75 Å². The van der Waals surface area contributed by atoms with Crippen LogP contribution < -0.4 is 0 Å². The van der Waals surface area contributed by atoms with Gasteiger partial charge in [0.15, 0.2) is 0 Å². The van der Waals surface area contributed by atoms with Crippen molar-refractivity contribution in [1.29, 1.82) is 0 Å². The van der Waals surface area contributed by atoms with Crippen molar-refractivity contribution in [2.45, 2.75) is 12.8 Å². The second kappa shape index (κ2) is 3.28. The SMILES string of the molecule is O=C(O)C1Cc2c(O)ccc(Br)c2C1. The van der Waals surface area contributed by atoms with Crippen molar-refractivity contribution in [2.24, 2.45) is 5.92 Å². The first-order chi connectivity index (χ1) is 6.59. The minimum atomic E-state index is -0.799. The summed E-state index contributed by atoms with van der Waals surface area (Å²) in [6.07, 6.45) is 0.926. The van der Waals surface area contributed by atoms with E-state index in [1.807, 2.05) is 0 Å². The maximum absolute atomic E-state index is 10.8. The van der Waals surface area contributed by atoms with E-state index in [1.165, 1.54) is 0 Å².